The Hall–Kier alpha value is -2.32. The van der Waals surface area contributed by atoms with Crippen molar-refractivity contribution in [3.05, 3.63) is 64.7 Å². The van der Waals surface area contributed by atoms with E-state index < -0.39 is 11.5 Å². The number of hydrogen-bond acceptors (Lipinski definition) is 5. The molecular formula is C25H30Cl2N2O5. The van der Waals surface area contributed by atoms with Crippen LogP contribution in [-0.4, -0.2) is 59.8 Å². The van der Waals surface area contributed by atoms with Crippen molar-refractivity contribution in [1.29, 1.82) is 0 Å². The van der Waals surface area contributed by atoms with Crippen LogP contribution >= 0.6 is 24.0 Å². The minimum Gasteiger partial charge on any atom is -0.489 e. The van der Waals surface area contributed by atoms with E-state index in [9.17, 15) is 9.59 Å². The van der Waals surface area contributed by atoms with E-state index in [4.69, 9.17) is 26.2 Å². The normalized spacial score (nSPS) is 20.7. The predicted molar refractivity (Wildman–Crippen MR) is 132 cm³/mol. The molecule has 4 rings (SSSR count). The molecule has 34 heavy (non-hydrogen) atoms. The van der Waals surface area contributed by atoms with Crippen LogP contribution in [0.4, 0.5) is 0 Å². The smallest absolute Gasteiger partial charge is 0.335 e. The Balaban J connectivity index is 0.00000324. The molecule has 2 aliphatic heterocycles. The number of aromatic carboxylic acids is 1. The molecule has 9 heteroatoms. The number of carboxylic acids is 1. The van der Waals surface area contributed by atoms with Gasteiger partial charge < -0.3 is 19.9 Å². The van der Waals surface area contributed by atoms with Crippen molar-refractivity contribution < 1.29 is 24.2 Å². The summed E-state index contributed by atoms with van der Waals surface area (Å²) in [5.41, 5.74) is 0.431. The van der Waals surface area contributed by atoms with E-state index in [0.717, 1.165) is 24.3 Å². The summed E-state index contributed by atoms with van der Waals surface area (Å²) in [4.78, 5) is 27.0. The molecule has 0 radical (unpaired) electrons. The molecule has 2 N–H and O–H groups in total. The lowest BCUT2D eigenvalue weighted by atomic mass is 9.86. The maximum Gasteiger partial charge on any atom is 0.335 e. The molecule has 2 aromatic rings. The van der Waals surface area contributed by atoms with Crippen molar-refractivity contribution in [3.8, 4) is 5.75 Å². The van der Waals surface area contributed by atoms with Crippen LogP contribution in [0.3, 0.4) is 0 Å². The third-order valence-electron chi connectivity index (χ3n) is 6.60. The summed E-state index contributed by atoms with van der Waals surface area (Å²) in [7, 11) is 0. The minimum absolute atomic E-state index is 0. The first kappa shape index (κ1) is 26.3. The third-order valence-corrected chi connectivity index (χ3v) is 6.83. The summed E-state index contributed by atoms with van der Waals surface area (Å²) in [6.45, 7) is 4.40. The second-order valence-electron chi connectivity index (χ2n) is 8.70. The molecule has 1 amide bonds. The molecule has 0 unspecified atom stereocenters. The van der Waals surface area contributed by atoms with E-state index in [-0.39, 0.29) is 36.0 Å². The van der Waals surface area contributed by atoms with Gasteiger partial charge in [0.05, 0.1) is 11.6 Å². The Labute approximate surface area is 210 Å². The number of carboxylic acid groups (broad SMARTS) is 1. The lowest BCUT2D eigenvalue weighted by molar-refractivity contribution is -0.140. The third kappa shape index (κ3) is 5.84. The number of nitrogens with zero attached hydrogens (tertiary/aromatic N) is 1. The topological polar surface area (TPSA) is 88.1 Å². The van der Waals surface area contributed by atoms with Gasteiger partial charge in [-0.2, -0.15) is 0 Å². The Morgan fingerprint density at radius 2 is 1.91 bits per heavy atom. The van der Waals surface area contributed by atoms with Gasteiger partial charge in [0.15, 0.2) is 0 Å². The standard InChI is InChI=1S/C25H29ClN2O5.ClH/c1-17(18-5-7-19(8-6-18)23(29)30)27-24(31)25(10-13-32-14-11-25)28-12-9-22(16-28)33-21-4-2-3-20(26)15-21;/h2-8,15,17,22H,9-14,16H2,1H3,(H,27,31)(H,29,30);1H/t17-,22+;/m0./s1. The molecule has 7 nitrogen and oxygen atoms in total. The molecule has 2 saturated heterocycles. The number of nitrogens with one attached hydrogen (secondary N) is 1. The lowest BCUT2D eigenvalue weighted by Gasteiger charge is -2.43. The molecule has 2 heterocycles. The van der Waals surface area contributed by atoms with Crippen LogP contribution < -0.4 is 10.1 Å². The van der Waals surface area contributed by atoms with Gasteiger partial charge in [0.1, 0.15) is 17.4 Å². The number of hydrogen-bond donors (Lipinski definition) is 2. The summed E-state index contributed by atoms with van der Waals surface area (Å²) in [6.07, 6.45) is 2.05. The van der Waals surface area contributed by atoms with E-state index in [1.165, 1.54) is 0 Å². The monoisotopic (exact) mass is 508 g/mol. The van der Waals surface area contributed by atoms with Crippen LogP contribution in [0.5, 0.6) is 5.75 Å². The van der Waals surface area contributed by atoms with E-state index >= 15 is 0 Å². The fourth-order valence-corrected chi connectivity index (χ4v) is 4.85. The Bertz CT molecular complexity index is 995. The number of likely N-dealkylation sites (tertiary alicyclic amines) is 1. The van der Waals surface area contributed by atoms with Gasteiger partial charge in [0, 0.05) is 31.3 Å². The molecule has 0 bridgehead atoms. The second-order valence-corrected chi connectivity index (χ2v) is 9.13. The average molecular weight is 509 g/mol. The van der Waals surface area contributed by atoms with Crippen LogP contribution in [0.2, 0.25) is 5.02 Å². The quantitative estimate of drug-likeness (QED) is 0.578. The summed E-state index contributed by atoms with van der Waals surface area (Å²) >= 11 is 6.08. The zero-order valence-electron chi connectivity index (χ0n) is 19.0. The van der Waals surface area contributed by atoms with E-state index in [1.54, 1.807) is 30.3 Å². The van der Waals surface area contributed by atoms with Gasteiger partial charge in [-0.15, -0.1) is 12.4 Å². The molecule has 2 fully saturated rings. The molecular weight excluding hydrogens is 479 g/mol. The van der Waals surface area contributed by atoms with Crippen LogP contribution in [0, 0.1) is 0 Å². The first-order valence-corrected chi connectivity index (χ1v) is 11.6. The summed E-state index contributed by atoms with van der Waals surface area (Å²) < 4.78 is 11.7. The number of benzene rings is 2. The Kier molecular flexibility index (Phi) is 8.82. The van der Waals surface area contributed by atoms with Crippen molar-refractivity contribution in [2.45, 2.75) is 43.9 Å². The van der Waals surface area contributed by atoms with Crippen molar-refractivity contribution >= 4 is 35.9 Å². The Morgan fingerprint density at radius 1 is 1.21 bits per heavy atom. The van der Waals surface area contributed by atoms with Gasteiger partial charge >= 0.3 is 5.97 Å². The second kappa shape index (κ2) is 11.4. The maximum atomic E-state index is 13.6. The summed E-state index contributed by atoms with van der Waals surface area (Å²) in [5, 5.41) is 12.9. The van der Waals surface area contributed by atoms with Gasteiger partial charge in [-0.05, 0) is 62.1 Å². The average Bonchev–Trinajstić information content (AvgIpc) is 3.28. The van der Waals surface area contributed by atoms with Crippen LogP contribution in [0.25, 0.3) is 0 Å². The van der Waals surface area contributed by atoms with Crippen LogP contribution in [-0.2, 0) is 9.53 Å². The number of carbonyl (C=O) groups excluding carboxylic acids is 1. The number of carbonyl (C=O) groups is 2. The highest BCUT2D eigenvalue weighted by Crippen LogP contribution is 2.34. The first-order valence-electron chi connectivity index (χ1n) is 11.3. The molecule has 2 aliphatic rings. The van der Waals surface area contributed by atoms with Gasteiger partial charge in [0.2, 0.25) is 5.91 Å². The highest BCUT2D eigenvalue weighted by Gasteiger charge is 2.48. The molecule has 0 aromatic heterocycles. The molecule has 184 valence electrons. The highest BCUT2D eigenvalue weighted by molar-refractivity contribution is 6.30. The largest absolute Gasteiger partial charge is 0.489 e. The van der Waals surface area contributed by atoms with Crippen molar-refractivity contribution in [2.75, 3.05) is 26.3 Å². The molecule has 2 aromatic carbocycles. The van der Waals surface area contributed by atoms with Gasteiger partial charge in [-0.25, -0.2) is 4.79 Å². The predicted octanol–water partition coefficient (Wildman–Crippen LogP) is 4.34. The lowest BCUT2D eigenvalue weighted by Crippen LogP contribution is -2.61. The summed E-state index contributed by atoms with van der Waals surface area (Å²) in [6, 6.07) is 13.7. The highest BCUT2D eigenvalue weighted by atomic mass is 35.5. The number of ether oxygens (including phenoxy) is 2. The van der Waals surface area contributed by atoms with Crippen molar-refractivity contribution in [1.82, 2.24) is 10.2 Å². The van der Waals surface area contributed by atoms with E-state index in [0.29, 0.717) is 37.6 Å². The van der Waals surface area contributed by atoms with E-state index in [1.807, 2.05) is 25.1 Å². The fraction of sp³-hybridized carbons (Fsp3) is 0.440. The molecule has 0 saturated carbocycles. The SMILES string of the molecule is C[C@H](NC(=O)C1(N2CC[C@@H](Oc3cccc(Cl)c3)C2)CCOCC1)c1ccc(C(=O)O)cc1.Cl. The number of halogens is 2. The van der Waals surface area contributed by atoms with Crippen molar-refractivity contribution in [2.24, 2.45) is 0 Å². The maximum absolute atomic E-state index is 13.6. The zero-order chi connectivity index (χ0) is 23.4. The Morgan fingerprint density at radius 3 is 2.56 bits per heavy atom. The fourth-order valence-electron chi connectivity index (χ4n) is 4.67. The zero-order valence-corrected chi connectivity index (χ0v) is 20.6. The van der Waals surface area contributed by atoms with Gasteiger partial charge in [-0.3, -0.25) is 9.69 Å². The number of rotatable bonds is 7. The van der Waals surface area contributed by atoms with Crippen LogP contribution in [0.15, 0.2) is 48.5 Å². The molecule has 0 aliphatic carbocycles. The minimum atomic E-state index is -0.969. The molecule has 2 atom stereocenters. The van der Waals surface area contributed by atoms with Gasteiger partial charge in [-0.1, -0.05) is 29.8 Å². The summed E-state index contributed by atoms with van der Waals surface area (Å²) in [5.74, 6) is -0.259. The van der Waals surface area contributed by atoms with Crippen molar-refractivity contribution in [3.63, 3.8) is 0 Å². The molecule has 0 spiro atoms. The van der Waals surface area contributed by atoms with E-state index in [2.05, 4.69) is 10.2 Å². The van der Waals surface area contributed by atoms with Crippen LogP contribution in [0.1, 0.15) is 48.1 Å². The van der Waals surface area contributed by atoms with Gasteiger partial charge in [0.25, 0.3) is 0 Å². The number of amides is 1. The first-order chi connectivity index (χ1) is 15.9.